The Labute approximate surface area is 185 Å². The van der Waals surface area contributed by atoms with Crippen LogP contribution in [-0.2, 0) is 18.0 Å². The van der Waals surface area contributed by atoms with E-state index in [0.29, 0.717) is 34.7 Å². The zero-order valence-corrected chi connectivity index (χ0v) is 17.5. The average Bonchev–Trinajstić information content (AvgIpc) is 3.20. The number of anilines is 1. The van der Waals surface area contributed by atoms with Crippen LogP contribution in [0.3, 0.4) is 0 Å². The normalized spacial score (nSPS) is 17.1. The Kier molecular flexibility index (Phi) is 4.93. The lowest BCUT2D eigenvalue weighted by molar-refractivity contribution is -0.137. The highest BCUT2D eigenvalue weighted by Crippen LogP contribution is 2.32. The number of pyridine rings is 2. The summed E-state index contributed by atoms with van der Waals surface area (Å²) in [6.07, 6.45) is -2.03. The standard InChI is InChI=1S/C22H19F3N6O2/c1-30-19-15(10-28-30)14-8-12(2-4-16(14)29-20(19)26)21(32)31-6-7-33-11-18(31)17-5-3-13(9-27-17)22(23,24)25/h2-5,8-10,18H,6-7,11H2,1H3,(H2,26,29). The minimum atomic E-state index is -4.48. The van der Waals surface area contributed by atoms with Crippen molar-refractivity contribution in [2.45, 2.75) is 12.2 Å². The summed E-state index contributed by atoms with van der Waals surface area (Å²) in [5.41, 5.74) is 7.27. The molecule has 33 heavy (non-hydrogen) atoms. The van der Waals surface area contributed by atoms with E-state index in [1.807, 2.05) is 0 Å². The van der Waals surface area contributed by atoms with Crippen LogP contribution in [0.5, 0.6) is 0 Å². The number of alkyl halides is 3. The number of benzene rings is 1. The molecule has 1 atom stereocenters. The van der Waals surface area contributed by atoms with Gasteiger partial charge < -0.3 is 15.4 Å². The molecule has 0 radical (unpaired) electrons. The molecule has 0 saturated carbocycles. The number of nitrogens with two attached hydrogens (primary N) is 1. The summed E-state index contributed by atoms with van der Waals surface area (Å²) < 4.78 is 45.8. The number of nitrogen functional groups attached to an aromatic ring is 1. The lowest BCUT2D eigenvalue weighted by atomic mass is 10.0. The third-order valence-electron chi connectivity index (χ3n) is 5.80. The summed E-state index contributed by atoms with van der Waals surface area (Å²) in [6.45, 7) is 0.747. The minimum Gasteiger partial charge on any atom is -0.382 e. The monoisotopic (exact) mass is 456 g/mol. The topological polar surface area (TPSA) is 99.2 Å². The molecule has 2 N–H and O–H groups in total. The van der Waals surface area contributed by atoms with E-state index in [9.17, 15) is 18.0 Å². The Bertz CT molecular complexity index is 1370. The van der Waals surface area contributed by atoms with Crippen LogP contribution in [0.15, 0.2) is 42.7 Å². The maximum absolute atomic E-state index is 13.5. The third kappa shape index (κ3) is 3.63. The Morgan fingerprint density at radius 3 is 2.73 bits per heavy atom. The first-order chi connectivity index (χ1) is 15.7. The predicted octanol–water partition coefficient (Wildman–Crippen LogP) is 3.33. The predicted molar refractivity (Wildman–Crippen MR) is 114 cm³/mol. The number of carbonyl (C=O) groups is 1. The van der Waals surface area contributed by atoms with Gasteiger partial charge in [0.25, 0.3) is 5.91 Å². The number of morpholine rings is 1. The third-order valence-corrected chi connectivity index (χ3v) is 5.80. The maximum atomic E-state index is 13.5. The first kappa shape index (κ1) is 21.1. The molecule has 11 heteroatoms. The molecule has 1 aliphatic rings. The second kappa shape index (κ2) is 7.69. The van der Waals surface area contributed by atoms with Crippen LogP contribution in [-0.4, -0.2) is 50.3 Å². The molecule has 3 aromatic heterocycles. The van der Waals surface area contributed by atoms with Crippen molar-refractivity contribution in [3.63, 3.8) is 0 Å². The molecule has 5 rings (SSSR count). The number of amides is 1. The van der Waals surface area contributed by atoms with E-state index in [1.54, 1.807) is 41.0 Å². The van der Waals surface area contributed by atoms with E-state index in [-0.39, 0.29) is 19.1 Å². The fourth-order valence-electron chi connectivity index (χ4n) is 4.13. The van der Waals surface area contributed by atoms with Gasteiger partial charge in [-0.05, 0) is 30.3 Å². The first-order valence-electron chi connectivity index (χ1n) is 10.2. The molecule has 1 aromatic carbocycles. The Morgan fingerprint density at radius 2 is 2.00 bits per heavy atom. The fraction of sp³-hybridized carbons (Fsp3) is 0.273. The van der Waals surface area contributed by atoms with Crippen LogP contribution in [0, 0.1) is 0 Å². The summed E-state index contributed by atoms with van der Waals surface area (Å²) in [6, 6.07) is 6.76. The zero-order valence-electron chi connectivity index (χ0n) is 17.5. The van der Waals surface area contributed by atoms with Crippen molar-refractivity contribution in [1.82, 2.24) is 24.6 Å². The number of halogens is 3. The van der Waals surface area contributed by atoms with Crippen LogP contribution < -0.4 is 5.73 Å². The van der Waals surface area contributed by atoms with Crippen molar-refractivity contribution in [3.05, 3.63) is 59.5 Å². The number of aryl methyl sites for hydroxylation is 1. The van der Waals surface area contributed by atoms with E-state index in [0.717, 1.165) is 23.0 Å². The molecule has 0 spiro atoms. The van der Waals surface area contributed by atoms with Crippen LogP contribution >= 0.6 is 0 Å². The van der Waals surface area contributed by atoms with Gasteiger partial charge in [0.05, 0.1) is 42.2 Å². The molecule has 4 heterocycles. The van der Waals surface area contributed by atoms with Gasteiger partial charge in [0.2, 0.25) is 0 Å². The number of carbonyl (C=O) groups excluding carboxylic acids is 1. The molecule has 1 amide bonds. The van der Waals surface area contributed by atoms with Gasteiger partial charge in [0.1, 0.15) is 11.3 Å². The summed E-state index contributed by atoms with van der Waals surface area (Å²) >= 11 is 0. The van der Waals surface area contributed by atoms with Crippen LogP contribution in [0.2, 0.25) is 0 Å². The van der Waals surface area contributed by atoms with Gasteiger partial charge in [-0.25, -0.2) is 4.98 Å². The SMILES string of the molecule is Cn1ncc2c3cc(C(=O)N4CCOCC4c4ccc(C(F)(F)F)cn4)ccc3nc(N)c21. The molecule has 4 aromatic rings. The molecule has 0 aliphatic carbocycles. The van der Waals surface area contributed by atoms with E-state index < -0.39 is 17.8 Å². The second-order valence-corrected chi connectivity index (χ2v) is 7.82. The van der Waals surface area contributed by atoms with E-state index in [1.165, 1.54) is 6.07 Å². The summed E-state index contributed by atoms with van der Waals surface area (Å²) in [7, 11) is 1.76. The molecule has 1 unspecified atom stereocenters. The quantitative estimate of drug-likeness (QED) is 0.497. The Hall–Kier alpha value is -3.73. The Balaban J connectivity index is 1.52. The van der Waals surface area contributed by atoms with Gasteiger partial charge in [-0.3, -0.25) is 14.5 Å². The van der Waals surface area contributed by atoms with Crippen LogP contribution in [0.4, 0.5) is 19.0 Å². The number of aromatic nitrogens is 4. The number of hydrogen-bond donors (Lipinski definition) is 1. The molecule has 1 aliphatic heterocycles. The number of rotatable bonds is 2. The zero-order chi connectivity index (χ0) is 23.3. The van der Waals surface area contributed by atoms with E-state index in [4.69, 9.17) is 10.5 Å². The van der Waals surface area contributed by atoms with Gasteiger partial charge >= 0.3 is 6.18 Å². The summed E-state index contributed by atoms with van der Waals surface area (Å²) in [4.78, 5) is 23.4. The summed E-state index contributed by atoms with van der Waals surface area (Å²) in [5.74, 6) is 0.0685. The van der Waals surface area contributed by atoms with Gasteiger partial charge in [-0.2, -0.15) is 18.3 Å². The highest BCUT2D eigenvalue weighted by Gasteiger charge is 2.33. The van der Waals surface area contributed by atoms with E-state index >= 15 is 0 Å². The van der Waals surface area contributed by atoms with Gasteiger partial charge in [-0.1, -0.05) is 0 Å². The largest absolute Gasteiger partial charge is 0.417 e. The number of ether oxygens (including phenoxy) is 1. The van der Waals surface area contributed by atoms with Gasteiger partial charge in [0.15, 0.2) is 0 Å². The number of fused-ring (bicyclic) bond motifs is 3. The number of hydrogen-bond acceptors (Lipinski definition) is 6. The van der Waals surface area contributed by atoms with Crippen LogP contribution in [0.25, 0.3) is 21.8 Å². The first-order valence-corrected chi connectivity index (χ1v) is 10.2. The second-order valence-electron chi connectivity index (χ2n) is 7.82. The van der Waals surface area contributed by atoms with Crippen molar-refractivity contribution in [3.8, 4) is 0 Å². The molecule has 1 saturated heterocycles. The summed E-state index contributed by atoms with van der Waals surface area (Å²) in [5, 5.41) is 5.75. The van der Waals surface area contributed by atoms with Gasteiger partial charge in [-0.15, -0.1) is 0 Å². The van der Waals surface area contributed by atoms with Crippen molar-refractivity contribution in [1.29, 1.82) is 0 Å². The number of nitrogens with zero attached hydrogens (tertiary/aromatic N) is 5. The minimum absolute atomic E-state index is 0.141. The van der Waals surface area contributed by atoms with Crippen LogP contribution in [0.1, 0.15) is 27.7 Å². The van der Waals surface area contributed by atoms with Gasteiger partial charge in [0, 0.05) is 36.1 Å². The smallest absolute Gasteiger partial charge is 0.382 e. The van der Waals surface area contributed by atoms with Crippen molar-refractivity contribution < 1.29 is 22.7 Å². The van der Waals surface area contributed by atoms with E-state index in [2.05, 4.69) is 15.1 Å². The maximum Gasteiger partial charge on any atom is 0.417 e. The highest BCUT2D eigenvalue weighted by molar-refractivity contribution is 6.10. The Morgan fingerprint density at radius 1 is 1.18 bits per heavy atom. The average molecular weight is 456 g/mol. The molecule has 170 valence electrons. The van der Waals surface area contributed by atoms with Crippen molar-refractivity contribution >= 4 is 33.5 Å². The fourth-order valence-corrected chi connectivity index (χ4v) is 4.13. The molecule has 1 fully saturated rings. The van der Waals surface area contributed by atoms with Crippen molar-refractivity contribution in [2.24, 2.45) is 7.05 Å². The molecular weight excluding hydrogens is 437 g/mol. The molecular formula is C22H19F3N6O2. The molecule has 8 nitrogen and oxygen atoms in total. The van der Waals surface area contributed by atoms with Crippen molar-refractivity contribution in [2.75, 3.05) is 25.5 Å². The highest BCUT2D eigenvalue weighted by atomic mass is 19.4. The lowest BCUT2D eigenvalue weighted by Gasteiger charge is -2.35. The lowest BCUT2D eigenvalue weighted by Crippen LogP contribution is -2.43. The molecule has 0 bridgehead atoms.